The van der Waals surface area contributed by atoms with Crippen molar-refractivity contribution in [3.8, 4) is 0 Å². The molecule has 0 radical (unpaired) electrons. The van der Waals surface area contributed by atoms with E-state index in [9.17, 15) is 9.59 Å². The number of hydrogen-bond acceptors (Lipinski definition) is 4. The summed E-state index contributed by atoms with van der Waals surface area (Å²) < 4.78 is 10.6. The van der Waals surface area contributed by atoms with E-state index in [1.54, 1.807) is 0 Å². The van der Waals surface area contributed by atoms with E-state index in [1.165, 1.54) is 6.42 Å². The highest BCUT2D eigenvalue weighted by Crippen LogP contribution is 2.36. The second kappa shape index (κ2) is 11.3. The van der Waals surface area contributed by atoms with Crippen LogP contribution in [0.25, 0.3) is 0 Å². The van der Waals surface area contributed by atoms with Crippen LogP contribution in [-0.4, -0.2) is 25.2 Å². The molecule has 1 aliphatic rings. The molecule has 0 aromatic rings. The molecule has 0 N–H and O–H groups in total. The van der Waals surface area contributed by atoms with Gasteiger partial charge in [-0.05, 0) is 30.6 Å². The van der Waals surface area contributed by atoms with E-state index in [0.29, 0.717) is 25.0 Å². The molecule has 1 aliphatic carbocycles. The van der Waals surface area contributed by atoms with Crippen molar-refractivity contribution in [1.82, 2.24) is 0 Å². The minimum atomic E-state index is -0.532. The third-order valence-corrected chi connectivity index (χ3v) is 4.89. The molecule has 1 saturated carbocycles. The maximum Gasteiger partial charge on any atom is 0.345 e. The lowest BCUT2D eigenvalue weighted by Crippen LogP contribution is -2.26. The summed E-state index contributed by atoms with van der Waals surface area (Å²) in [6.07, 6.45) is 8.82. The summed E-state index contributed by atoms with van der Waals surface area (Å²) in [5, 5.41) is 0. The Bertz CT molecular complexity index is 393. The van der Waals surface area contributed by atoms with Crippen LogP contribution in [0.2, 0.25) is 0 Å². The summed E-state index contributed by atoms with van der Waals surface area (Å²) in [5.41, 5.74) is 0.0906. The summed E-state index contributed by atoms with van der Waals surface area (Å²) >= 11 is 0. The molecule has 2 atom stereocenters. The Morgan fingerprint density at radius 3 is 1.79 bits per heavy atom. The lowest BCUT2D eigenvalue weighted by molar-refractivity contribution is -0.147. The molecule has 24 heavy (non-hydrogen) atoms. The minimum absolute atomic E-state index is 0.0906. The molecular formula is C20H34O4. The van der Waals surface area contributed by atoms with Crippen molar-refractivity contribution >= 4 is 11.9 Å². The molecule has 0 saturated heterocycles. The monoisotopic (exact) mass is 338 g/mol. The minimum Gasteiger partial charge on any atom is -0.462 e. The maximum atomic E-state index is 12.4. The van der Waals surface area contributed by atoms with Crippen molar-refractivity contribution < 1.29 is 19.1 Å². The van der Waals surface area contributed by atoms with Gasteiger partial charge in [-0.1, -0.05) is 65.9 Å². The first kappa shape index (κ1) is 20.7. The largest absolute Gasteiger partial charge is 0.462 e. The van der Waals surface area contributed by atoms with Crippen molar-refractivity contribution in [3.05, 3.63) is 11.6 Å². The lowest BCUT2D eigenvalue weighted by atomic mass is 9.73. The molecule has 0 aromatic heterocycles. The van der Waals surface area contributed by atoms with Crippen LogP contribution < -0.4 is 0 Å². The third-order valence-electron chi connectivity index (χ3n) is 4.89. The number of carbonyl (C=O) groups is 2. The maximum absolute atomic E-state index is 12.4. The van der Waals surface area contributed by atoms with Gasteiger partial charge in [0.1, 0.15) is 5.57 Å². The van der Waals surface area contributed by atoms with E-state index in [1.807, 2.05) is 19.9 Å². The normalized spacial score (nSPS) is 23.4. The standard InChI is InChI=1S/C20H34O4/c1-5-7-12-23-19(21)18(20(22)24-13-8-6-2)14-17-15(3)10-9-11-16(17)4/h14-17H,5-13H2,1-4H3. The molecule has 4 heteroatoms. The number of esters is 2. The molecule has 0 aliphatic heterocycles. The van der Waals surface area contributed by atoms with Crippen molar-refractivity contribution in [2.45, 2.75) is 72.6 Å². The Labute approximate surface area is 147 Å². The fourth-order valence-corrected chi connectivity index (χ4v) is 3.22. The van der Waals surface area contributed by atoms with E-state index >= 15 is 0 Å². The zero-order chi connectivity index (χ0) is 17.9. The van der Waals surface area contributed by atoms with Gasteiger partial charge in [0.2, 0.25) is 0 Å². The number of unbranched alkanes of at least 4 members (excludes halogenated alkanes) is 2. The van der Waals surface area contributed by atoms with Crippen LogP contribution in [0.15, 0.2) is 11.6 Å². The highest BCUT2D eigenvalue weighted by Gasteiger charge is 2.30. The first-order valence-corrected chi connectivity index (χ1v) is 9.57. The quantitative estimate of drug-likeness (QED) is 0.201. The van der Waals surface area contributed by atoms with Crippen molar-refractivity contribution in [2.75, 3.05) is 13.2 Å². The van der Waals surface area contributed by atoms with Crippen molar-refractivity contribution in [2.24, 2.45) is 17.8 Å². The van der Waals surface area contributed by atoms with E-state index in [4.69, 9.17) is 9.47 Å². The molecule has 1 fully saturated rings. The van der Waals surface area contributed by atoms with Crippen LogP contribution >= 0.6 is 0 Å². The lowest BCUT2D eigenvalue weighted by Gasteiger charge is -2.32. The predicted octanol–water partition coefficient (Wildman–Crippen LogP) is 4.67. The number of rotatable bonds is 9. The van der Waals surface area contributed by atoms with Gasteiger partial charge in [0, 0.05) is 0 Å². The molecule has 138 valence electrons. The van der Waals surface area contributed by atoms with E-state index in [2.05, 4.69) is 13.8 Å². The fraction of sp³-hybridized carbons (Fsp3) is 0.800. The van der Waals surface area contributed by atoms with Crippen LogP contribution in [0.5, 0.6) is 0 Å². The van der Waals surface area contributed by atoms with Gasteiger partial charge < -0.3 is 9.47 Å². The highest BCUT2D eigenvalue weighted by molar-refractivity contribution is 6.14. The Balaban J connectivity index is 2.87. The average Bonchev–Trinajstić information content (AvgIpc) is 2.54. The molecular weight excluding hydrogens is 304 g/mol. The summed E-state index contributed by atoms with van der Waals surface area (Å²) in [6.45, 7) is 9.16. The molecule has 0 aromatic carbocycles. The average molecular weight is 338 g/mol. The predicted molar refractivity (Wildman–Crippen MR) is 95.5 cm³/mol. The second-order valence-corrected chi connectivity index (χ2v) is 7.02. The van der Waals surface area contributed by atoms with Crippen LogP contribution in [0, 0.1) is 17.8 Å². The zero-order valence-corrected chi connectivity index (χ0v) is 15.8. The number of carbonyl (C=O) groups excluding carboxylic acids is 2. The summed E-state index contributed by atoms with van der Waals surface area (Å²) in [6, 6.07) is 0. The van der Waals surface area contributed by atoms with Crippen LogP contribution in [0.3, 0.4) is 0 Å². The summed E-state index contributed by atoms with van der Waals surface area (Å²) in [7, 11) is 0. The first-order chi connectivity index (χ1) is 11.5. The highest BCUT2D eigenvalue weighted by atomic mass is 16.6. The van der Waals surface area contributed by atoms with E-state index < -0.39 is 11.9 Å². The van der Waals surface area contributed by atoms with Crippen LogP contribution in [0.1, 0.15) is 72.6 Å². The Kier molecular flexibility index (Phi) is 9.73. The zero-order valence-electron chi connectivity index (χ0n) is 15.8. The number of ether oxygens (including phenoxy) is 2. The van der Waals surface area contributed by atoms with Gasteiger partial charge in [-0.3, -0.25) is 0 Å². The van der Waals surface area contributed by atoms with Crippen molar-refractivity contribution in [3.63, 3.8) is 0 Å². The molecule has 2 unspecified atom stereocenters. The van der Waals surface area contributed by atoms with Gasteiger partial charge in [-0.15, -0.1) is 0 Å². The molecule has 0 bridgehead atoms. The van der Waals surface area contributed by atoms with Crippen LogP contribution in [-0.2, 0) is 19.1 Å². The molecule has 1 rings (SSSR count). The van der Waals surface area contributed by atoms with Crippen molar-refractivity contribution in [1.29, 1.82) is 0 Å². The SMILES string of the molecule is CCCCOC(=O)C(=CC1C(C)CCCC1C)C(=O)OCCCC. The fourth-order valence-electron chi connectivity index (χ4n) is 3.22. The van der Waals surface area contributed by atoms with Gasteiger partial charge in [0.25, 0.3) is 0 Å². The smallest absolute Gasteiger partial charge is 0.345 e. The second-order valence-electron chi connectivity index (χ2n) is 7.02. The van der Waals surface area contributed by atoms with Gasteiger partial charge in [0.15, 0.2) is 0 Å². The Morgan fingerprint density at radius 2 is 1.38 bits per heavy atom. The van der Waals surface area contributed by atoms with E-state index in [0.717, 1.165) is 38.5 Å². The molecule has 0 heterocycles. The van der Waals surface area contributed by atoms with Gasteiger partial charge in [-0.2, -0.15) is 0 Å². The number of allylic oxidation sites excluding steroid dienone is 1. The Morgan fingerprint density at radius 1 is 0.917 bits per heavy atom. The first-order valence-electron chi connectivity index (χ1n) is 9.57. The van der Waals surface area contributed by atoms with Crippen LogP contribution in [0.4, 0.5) is 0 Å². The third kappa shape index (κ3) is 6.66. The molecule has 4 nitrogen and oxygen atoms in total. The molecule has 0 amide bonds. The van der Waals surface area contributed by atoms with Gasteiger partial charge in [-0.25, -0.2) is 9.59 Å². The van der Waals surface area contributed by atoms with Gasteiger partial charge >= 0.3 is 11.9 Å². The van der Waals surface area contributed by atoms with E-state index in [-0.39, 0.29) is 11.5 Å². The number of hydrogen-bond donors (Lipinski definition) is 0. The Hall–Kier alpha value is -1.32. The molecule has 0 spiro atoms. The topological polar surface area (TPSA) is 52.6 Å². The van der Waals surface area contributed by atoms with Gasteiger partial charge in [0.05, 0.1) is 13.2 Å². The summed E-state index contributed by atoms with van der Waals surface area (Å²) in [4.78, 5) is 24.8. The summed E-state index contributed by atoms with van der Waals surface area (Å²) in [5.74, 6) is 0.0994.